The van der Waals surface area contributed by atoms with Crippen LogP contribution >= 0.6 is 23.2 Å². The van der Waals surface area contributed by atoms with Crippen molar-refractivity contribution >= 4 is 40.6 Å². The fraction of sp³-hybridized carbons (Fsp3) is 0.286. The molecule has 154 valence electrons. The minimum absolute atomic E-state index is 0.199. The normalized spacial score (nSPS) is 16.1. The summed E-state index contributed by atoms with van der Waals surface area (Å²) in [7, 11) is 1.97. The molecule has 0 saturated carbocycles. The van der Waals surface area contributed by atoms with Gasteiger partial charge in [0.25, 0.3) is 6.47 Å². The number of fused-ring (bicyclic) bond motifs is 3. The highest BCUT2D eigenvalue weighted by molar-refractivity contribution is 6.31. The van der Waals surface area contributed by atoms with Gasteiger partial charge in [0.2, 0.25) is 0 Å². The molecule has 0 fully saturated rings. The second-order valence-electron chi connectivity index (χ2n) is 6.70. The smallest absolute Gasteiger partial charge is 0.293 e. The van der Waals surface area contributed by atoms with Crippen molar-refractivity contribution in [3.05, 3.63) is 69.9 Å². The summed E-state index contributed by atoms with van der Waals surface area (Å²) >= 11 is 11.2. The number of nitrogens with one attached hydrogen (secondary N) is 1. The maximum absolute atomic E-state index is 13.7. The fourth-order valence-electron chi connectivity index (χ4n) is 3.63. The second kappa shape index (κ2) is 9.57. The topological polar surface area (TPSA) is 45.3 Å². The summed E-state index contributed by atoms with van der Waals surface area (Å²) in [6.07, 6.45) is 0.875. The Kier molecular flexibility index (Phi) is 7.11. The molecule has 1 aliphatic heterocycles. The van der Waals surface area contributed by atoms with Gasteiger partial charge >= 0.3 is 0 Å². The van der Waals surface area contributed by atoms with Crippen LogP contribution in [0.15, 0.2) is 36.4 Å². The Bertz CT molecular complexity index is 990. The molecule has 2 heterocycles. The molecule has 0 spiro atoms. The van der Waals surface area contributed by atoms with E-state index in [0.29, 0.717) is 29.5 Å². The number of benzene rings is 2. The first-order chi connectivity index (χ1) is 13.9. The molecule has 0 radical (unpaired) electrons. The molecule has 1 aromatic heterocycles. The van der Waals surface area contributed by atoms with E-state index in [9.17, 15) is 13.6 Å². The number of halogens is 4. The van der Waals surface area contributed by atoms with Crippen LogP contribution in [0.1, 0.15) is 22.9 Å². The van der Waals surface area contributed by atoms with Crippen molar-refractivity contribution in [2.75, 3.05) is 26.1 Å². The molecule has 29 heavy (non-hydrogen) atoms. The van der Waals surface area contributed by atoms with Gasteiger partial charge in [0.05, 0.1) is 11.9 Å². The van der Waals surface area contributed by atoms with Gasteiger partial charge in [-0.25, -0.2) is 8.78 Å². The number of aromatic amines is 1. The number of alkyl halides is 1. The van der Waals surface area contributed by atoms with Crippen LogP contribution in [-0.2, 0) is 16.0 Å². The second-order valence-corrected chi connectivity index (χ2v) is 7.51. The molecule has 1 aliphatic rings. The maximum atomic E-state index is 13.7. The number of hydrogen-bond acceptors (Lipinski definition) is 3. The third-order valence-electron chi connectivity index (χ3n) is 4.79. The lowest BCUT2D eigenvalue weighted by Crippen LogP contribution is -2.32. The summed E-state index contributed by atoms with van der Waals surface area (Å²) in [6, 6.07) is 9.23. The molecular weight excluding hydrogens is 421 g/mol. The molecule has 0 bridgehead atoms. The summed E-state index contributed by atoms with van der Waals surface area (Å²) in [5.41, 5.74) is 3.77. The standard InChI is InChI=1S/C18H15ClF2N2.C3H5ClO2/c1-23-5-4-14-15-8-11(19)2-3-16(15)22-17(14)18(23)10-6-12(20)9-13(21)7-10;4-1-2-6-3-5/h2-3,6-9,18,22H,4-5H2,1H3;3H,1-2H2. The average molecular weight is 441 g/mol. The summed E-state index contributed by atoms with van der Waals surface area (Å²) in [5.74, 6) is -0.738. The number of carbonyl (C=O) groups excluding carboxylic acids is 1. The molecule has 2 aromatic carbocycles. The number of H-pyrrole nitrogens is 1. The van der Waals surface area contributed by atoms with Gasteiger partial charge in [0.15, 0.2) is 0 Å². The van der Waals surface area contributed by atoms with Crippen LogP contribution in [0, 0.1) is 11.6 Å². The van der Waals surface area contributed by atoms with Gasteiger partial charge in [0.1, 0.15) is 18.2 Å². The summed E-state index contributed by atoms with van der Waals surface area (Å²) < 4.78 is 31.5. The third-order valence-corrected chi connectivity index (χ3v) is 5.18. The van der Waals surface area contributed by atoms with E-state index in [0.717, 1.165) is 35.6 Å². The van der Waals surface area contributed by atoms with E-state index in [-0.39, 0.29) is 6.04 Å². The minimum atomic E-state index is -0.556. The molecule has 1 atom stereocenters. The molecule has 3 aromatic rings. The number of ether oxygens (including phenoxy) is 1. The molecule has 1 unspecified atom stereocenters. The summed E-state index contributed by atoms with van der Waals surface area (Å²) in [4.78, 5) is 14.8. The van der Waals surface area contributed by atoms with E-state index in [1.165, 1.54) is 17.7 Å². The van der Waals surface area contributed by atoms with Crippen molar-refractivity contribution in [2.45, 2.75) is 12.5 Å². The van der Waals surface area contributed by atoms with Gasteiger partial charge in [-0.2, -0.15) is 0 Å². The van der Waals surface area contributed by atoms with Crippen molar-refractivity contribution in [1.29, 1.82) is 0 Å². The predicted molar refractivity (Wildman–Crippen MR) is 111 cm³/mol. The zero-order valence-corrected chi connectivity index (χ0v) is 17.2. The van der Waals surface area contributed by atoms with Gasteiger partial charge < -0.3 is 9.72 Å². The van der Waals surface area contributed by atoms with Gasteiger partial charge in [-0.15, -0.1) is 11.6 Å². The fourth-order valence-corrected chi connectivity index (χ4v) is 3.89. The van der Waals surface area contributed by atoms with Gasteiger partial charge in [-0.1, -0.05) is 11.6 Å². The highest BCUT2D eigenvalue weighted by Crippen LogP contribution is 2.38. The van der Waals surface area contributed by atoms with Crippen LogP contribution in [0.25, 0.3) is 10.9 Å². The van der Waals surface area contributed by atoms with E-state index in [1.54, 1.807) is 0 Å². The number of aromatic nitrogens is 1. The van der Waals surface area contributed by atoms with Gasteiger partial charge in [0, 0.05) is 34.2 Å². The number of carbonyl (C=O) groups is 1. The van der Waals surface area contributed by atoms with E-state index < -0.39 is 11.6 Å². The van der Waals surface area contributed by atoms with E-state index in [4.69, 9.17) is 23.2 Å². The molecule has 0 saturated heterocycles. The van der Waals surface area contributed by atoms with E-state index >= 15 is 0 Å². The highest BCUT2D eigenvalue weighted by Gasteiger charge is 2.30. The third kappa shape index (κ3) is 4.89. The van der Waals surface area contributed by atoms with Gasteiger partial charge in [-0.3, -0.25) is 9.69 Å². The molecule has 0 amide bonds. The molecule has 0 aliphatic carbocycles. The first-order valence-electron chi connectivity index (χ1n) is 9.02. The molecular formula is C21H20Cl2F2N2O2. The van der Waals surface area contributed by atoms with Crippen LogP contribution < -0.4 is 0 Å². The summed E-state index contributed by atoms with van der Waals surface area (Å²) in [6.45, 7) is 1.50. The van der Waals surface area contributed by atoms with Crippen LogP contribution in [0.5, 0.6) is 0 Å². The predicted octanol–water partition coefficient (Wildman–Crippen LogP) is 5.08. The molecule has 4 nitrogen and oxygen atoms in total. The van der Waals surface area contributed by atoms with Crippen LogP contribution in [0.4, 0.5) is 8.78 Å². The number of nitrogens with zero attached hydrogens (tertiary/aromatic N) is 1. The minimum Gasteiger partial charge on any atom is -0.467 e. The van der Waals surface area contributed by atoms with Crippen molar-refractivity contribution in [1.82, 2.24) is 9.88 Å². The zero-order valence-electron chi connectivity index (χ0n) is 15.7. The molecule has 8 heteroatoms. The number of rotatable bonds is 4. The molecule has 1 N–H and O–H groups in total. The van der Waals surface area contributed by atoms with Gasteiger partial charge in [-0.05, 0) is 54.9 Å². The van der Waals surface area contributed by atoms with Crippen LogP contribution in [-0.4, -0.2) is 42.4 Å². The Labute approximate surface area is 177 Å². The van der Waals surface area contributed by atoms with Crippen LogP contribution in [0.2, 0.25) is 5.02 Å². The van der Waals surface area contributed by atoms with Crippen molar-refractivity contribution in [3.63, 3.8) is 0 Å². The number of hydrogen-bond donors (Lipinski definition) is 1. The lowest BCUT2D eigenvalue weighted by Gasteiger charge is -2.33. The van der Waals surface area contributed by atoms with Crippen LogP contribution in [0.3, 0.4) is 0 Å². The van der Waals surface area contributed by atoms with Crippen molar-refractivity contribution in [2.24, 2.45) is 0 Å². The highest BCUT2D eigenvalue weighted by atomic mass is 35.5. The van der Waals surface area contributed by atoms with Crippen molar-refractivity contribution < 1.29 is 18.3 Å². The quantitative estimate of drug-likeness (QED) is 0.349. The zero-order chi connectivity index (χ0) is 21.0. The largest absolute Gasteiger partial charge is 0.467 e. The Balaban J connectivity index is 0.000000353. The SMILES string of the molecule is CN1CCc2c([nH]c3ccc(Cl)cc23)C1c1cc(F)cc(F)c1.O=COCCCl. The lowest BCUT2D eigenvalue weighted by atomic mass is 9.93. The Morgan fingerprint density at radius 1 is 1.24 bits per heavy atom. The first kappa shape index (κ1) is 21.6. The Morgan fingerprint density at radius 3 is 2.59 bits per heavy atom. The maximum Gasteiger partial charge on any atom is 0.293 e. The van der Waals surface area contributed by atoms with E-state index in [2.05, 4.69) is 14.6 Å². The summed E-state index contributed by atoms with van der Waals surface area (Å²) in [5, 5.41) is 1.77. The van der Waals surface area contributed by atoms with Crippen molar-refractivity contribution in [3.8, 4) is 0 Å². The average Bonchev–Trinajstić information content (AvgIpc) is 3.03. The van der Waals surface area contributed by atoms with E-state index in [1.807, 2.05) is 25.2 Å². The lowest BCUT2D eigenvalue weighted by molar-refractivity contribution is -0.128. The Hall–Kier alpha value is -2.15. The number of likely N-dealkylation sites (N-methyl/N-ethyl adjacent to an activating group) is 1. The Morgan fingerprint density at radius 2 is 1.97 bits per heavy atom. The monoisotopic (exact) mass is 440 g/mol. The first-order valence-corrected chi connectivity index (χ1v) is 9.93. The molecule has 4 rings (SSSR count).